The lowest BCUT2D eigenvalue weighted by Gasteiger charge is -2.37. The lowest BCUT2D eigenvalue weighted by atomic mass is 9.77. The van der Waals surface area contributed by atoms with E-state index in [9.17, 15) is 4.79 Å². The molecule has 0 aliphatic heterocycles. The molecule has 630 valence electrons. The quantitative estimate of drug-likeness (QED) is 0.0570. The molecule has 21 rings (SSSR count). The van der Waals surface area contributed by atoms with E-state index in [0.29, 0.717) is 23.8 Å². The molecule has 4 unspecified atom stereocenters. The third kappa shape index (κ3) is 20.5. The maximum absolute atomic E-state index is 11.3. The molecule has 1 aliphatic rings. The van der Waals surface area contributed by atoms with Crippen LogP contribution in [0.3, 0.4) is 0 Å². The first kappa shape index (κ1) is 86.0. The van der Waals surface area contributed by atoms with Gasteiger partial charge < -0.3 is 41.7 Å². The molecule has 20 aromatic rings. The molecule has 0 radical (unpaired) electrons. The number of ether oxygens (including phenoxy) is 1. The fourth-order valence-corrected chi connectivity index (χ4v) is 16.6. The predicted molar refractivity (Wildman–Crippen MR) is 505 cm³/mol. The van der Waals surface area contributed by atoms with Gasteiger partial charge in [-0.1, -0.05) is 315 Å². The normalized spacial score (nSPS) is 12.6. The number of imidazole rings is 8. The van der Waals surface area contributed by atoms with Gasteiger partial charge in [0.15, 0.2) is 6.29 Å². The number of H-pyrrole nitrogens is 1. The number of aldehydes is 1. The van der Waals surface area contributed by atoms with E-state index >= 15 is 0 Å². The number of benzene rings is 12. The summed E-state index contributed by atoms with van der Waals surface area (Å²) in [5.74, 6) is 1.84. The number of methoxy groups -OCH3 is 1. The number of rotatable bonds is 20. The zero-order chi connectivity index (χ0) is 87.3. The van der Waals surface area contributed by atoms with E-state index in [2.05, 4.69) is 348 Å². The molecule has 4 atom stereocenters. The number of carbonyl (C=O) groups is 1. The minimum Gasteiger partial charge on any atom is -0.497 e. The zero-order valence-corrected chi connectivity index (χ0v) is 71.8. The lowest BCUT2D eigenvalue weighted by molar-refractivity contribution is 0.111. The molecule has 0 spiro atoms. The monoisotopic (exact) mass is 1670 g/mol. The number of carbonyl (C=O) groups excluding carboxylic acids is 1. The first-order chi connectivity index (χ1) is 62.6. The summed E-state index contributed by atoms with van der Waals surface area (Å²) in [4.78, 5) is 48.0. The summed E-state index contributed by atoms with van der Waals surface area (Å²) in [6.07, 6.45) is 40.8. The van der Waals surface area contributed by atoms with Gasteiger partial charge in [-0.05, 0) is 137 Å². The van der Waals surface area contributed by atoms with Crippen molar-refractivity contribution in [3.05, 3.63) is 548 Å². The van der Waals surface area contributed by atoms with E-state index in [1.165, 1.54) is 68.5 Å². The summed E-state index contributed by atoms with van der Waals surface area (Å²) in [6.45, 7) is 8.44. The van der Waals surface area contributed by atoms with Gasteiger partial charge in [0.05, 0.1) is 92.6 Å². The molecule has 0 saturated carbocycles. The lowest BCUT2D eigenvalue weighted by Crippen LogP contribution is -2.36. The van der Waals surface area contributed by atoms with Crippen molar-refractivity contribution in [1.82, 2.24) is 76.8 Å². The van der Waals surface area contributed by atoms with Crippen LogP contribution in [0.25, 0.3) is 11.0 Å². The van der Waals surface area contributed by atoms with Crippen molar-refractivity contribution < 1.29 is 9.53 Å². The standard InChI is InChI=1S/C23H18N2O.C22H18N2.C16H14N2.C13H14N4.C12H14N2O.C12H12N2.C11H12N2/c26-17-22-16-25(18-24-22)23(19-10-4-1-5-11-19,20-12-6-2-7-13-20)21-14-8-3-9-15-21;1-4-10-19(11-5-1)22(24-17-16-23-18-24,20-12-6-2-7-13-20)21-14-8-3-9-15-21;1-3-7-14(8-4-1)16(18-12-11-17-13-18)15-9-5-2-6-10-15;1-9(17-6-5-14-8-17)11-3-4-12-13(7-11)16-10(2)15-12;1-10(14-8-7-13-9-14)11-3-5-12(15-2)6-4-11;1-2-4-11-10(3-1)5-6-12(11)14-8-7-13-9-14;1-10(13-8-7-12-9-13)11-5-3-2-4-6-11/h1-18H;1-18H;1-13,16H;3-9H,1-2H3,(H,15,16);3-10H,1-2H3;1-4,7-9,12H,5-6H2;2-10H,1H3. The molecular formula is C109H102N16O2. The first-order valence-electron chi connectivity index (χ1n) is 42.6. The first-order valence-corrected chi connectivity index (χ1v) is 42.6. The van der Waals surface area contributed by atoms with Crippen LogP contribution in [0.4, 0.5) is 0 Å². The second-order valence-corrected chi connectivity index (χ2v) is 30.7. The molecule has 0 bridgehead atoms. The summed E-state index contributed by atoms with van der Waals surface area (Å²) >= 11 is 0. The molecular weight excluding hydrogens is 1570 g/mol. The molecule has 127 heavy (non-hydrogen) atoms. The van der Waals surface area contributed by atoms with E-state index < -0.39 is 11.1 Å². The second-order valence-electron chi connectivity index (χ2n) is 30.7. The van der Waals surface area contributed by atoms with Crippen LogP contribution >= 0.6 is 0 Å². The number of hydrogen-bond donors (Lipinski definition) is 1. The van der Waals surface area contributed by atoms with Gasteiger partial charge in [-0.15, -0.1) is 0 Å². The number of hydrogen-bond acceptors (Lipinski definition) is 10. The molecule has 1 aliphatic carbocycles. The van der Waals surface area contributed by atoms with E-state index in [-0.39, 0.29) is 12.1 Å². The number of aromatic nitrogens is 16. The summed E-state index contributed by atoms with van der Waals surface area (Å²) in [6, 6.07) is 119. The largest absolute Gasteiger partial charge is 0.497 e. The smallest absolute Gasteiger partial charge is 0.169 e. The fourth-order valence-electron chi connectivity index (χ4n) is 16.6. The van der Waals surface area contributed by atoms with Crippen LogP contribution in [-0.4, -0.2) is 90.2 Å². The highest BCUT2D eigenvalue weighted by atomic mass is 16.5. The highest BCUT2D eigenvalue weighted by Crippen LogP contribution is 2.43. The number of aryl methyl sites for hydroxylation is 2. The van der Waals surface area contributed by atoms with Crippen molar-refractivity contribution in [3.63, 3.8) is 0 Å². The van der Waals surface area contributed by atoms with E-state index in [0.717, 1.165) is 45.6 Å². The van der Waals surface area contributed by atoms with Gasteiger partial charge in [-0.3, -0.25) is 4.79 Å². The van der Waals surface area contributed by atoms with E-state index in [4.69, 9.17) is 4.74 Å². The Bertz CT molecular complexity index is 6250. The fraction of sp³-hybridized carbons (Fsp3) is 0.128. The van der Waals surface area contributed by atoms with Gasteiger partial charge in [0, 0.05) is 80.6 Å². The van der Waals surface area contributed by atoms with Crippen molar-refractivity contribution in [2.45, 2.75) is 81.8 Å². The van der Waals surface area contributed by atoms with Gasteiger partial charge in [-0.25, -0.2) is 39.9 Å². The molecule has 18 nitrogen and oxygen atoms in total. The van der Waals surface area contributed by atoms with Crippen molar-refractivity contribution in [1.29, 1.82) is 0 Å². The third-order valence-corrected chi connectivity index (χ3v) is 23.1. The van der Waals surface area contributed by atoms with Gasteiger partial charge in [0.2, 0.25) is 0 Å². The molecule has 0 fully saturated rings. The van der Waals surface area contributed by atoms with E-state index in [1.54, 1.807) is 38.2 Å². The maximum atomic E-state index is 11.3. The molecule has 8 heterocycles. The Morgan fingerprint density at radius 1 is 0.378 bits per heavy atom. The molecule has 1 N–H and O–H groups in total. The molecule has 0 saturated heterocycles. The molecule has 0 amide bonds. The molecule has 8 aromatic heterocycles. The van der Waals surface area contributed by atoms with Crippen LogP contribution in [0.1, 0.15) is 146 Å². The van der Waals surface area contributed by atoms with Gasteiger partial charge in [0.25, 0.3) is 0 Å². The Balaban J connectivity index is 0.000000116. The third-order valence-electron chi connectivity index (χ3n) is 23.1. The Labute approximate surface area is 742 Å². The number of nitrogens with zero attached hydrogens (tertiary/aromatic N) is 15. The van der Waals surface area contributed by atoms with Crippen molar-refractivity contribution in [2.24, 2.45) is 0 Å². The van der Waals surface area contributed by atoms with Gasteiger partial charge >= 0.3 is 0 Å². The average Bonchev–Trinajstić information content (AvgIpc) is 1.66. The minimum absolute atomic E-state index is 0.190. The van der Waals surface area contributed by atoms with E-state index in [1.807, 2.05) is 190 Å². The van der Waals surface area contributed by atoms with Crippen LogP contribution < -0.4 is 4.74 Å². The van der Waals surface area contributed by atoms with Gasteiger partial charge in [0.1, 0.15) is 28.3 Å². The average molecular weight is 1670 g/mol. The Hall–Kier alpha value is -16.0. The SMILES string of the molecule is CC(c1ccccc1)n1ccnc1.COc1ccc(C(C)n2ccnc2)cc1.Cc1nc2ccc(C(C)n3ccnc3)cc2[nH]1.O=Cc1cn(C(c2ccccc2)(c2ccccc2)c2ccccc2)cn1.c1ccc(C(c2ccccc2)(c2ccccc2)n2ccnc2)cc1.c1ccc(C(c2ccccc2)n2ccnc2)cc1.c1ccc2c(c1)CCC2n1ccnc1. The maximum Gasteiger partial charge on any atom is 0.169 e. The minimum atomic E-state index is -0.613. The number of nitrogens with one attached hydrogen (secondary N) is 1. The highest BCUT2D eigenvalue weighted by molar-refractivity contribution is 5.76. The summed E-state index contributed by atoms with van der Waals surface area (Å²) < 4.78 is 19.9. The second kappa shape index (κ2) is 42.7. The number of fused-ring (bicyclic) bond motifs is 2. The van der Waals surface area contributed by atoms with Gasteiger partial charge in [-0.2, -0.15) is 0 Å². The Morgan fingerprint density at radius 3 is 1.15 bits per heavy atom. The molecule has 12 aromatic carbocycles. The van der Waals surface area contributed by atoms with Crippen LogP contribution in [-0.2, 0) is 17.5 Å². The molecule has 18 heteroatoms. The summed E-state index contributed by atoms with van der Waals surface area (Å²) in [7, 11) is 1.67. The van der Waals surface area contributed by atoms with Crippen LogP contribution in [0.2, 0.25) is 0 Å². The summed E-state index contributed by atoms with van der Waals surface area (Å²) in [5, 5.41) is 0. The van der Waals surface area contributed by atoms with Crippen molar-refractivity contribution in [2.75, 3.05) is 7.11 Å². The Morgan fingerprint density at radius 2 is 0.748 bits per heavy atom. The zero-order valence-electron chi connectivity index (χ0n) is 71.8. The predicted octanol–water partition coefficient (Wildman–Crippen LogP) is 22.9. The summed E-state index contributed by atoms with van der Waals surface area (Å²) in [5.41, 5.74) is 17.7. The van der Waals surface area contributed by atoms with Crippen LogP contribution in [0, 0.1) is 6.92 Å². The van der Waals surface area contributed by atoms with Crippen LogP contribution in [0.15, 0.2) is 465 Å². The Kier molecular flexibility index (Phi) is 28.9. The highest BCUT2D eigenvalue weighted by Gasteiger charge is 2.40. The topological polar surface area (TPSA) is 180 Å². The van der Waals surface area contributed by atoms with Crippen LogP contribution in [0.5, 0.6) is 5.75 Å². The van der Waals surface area contributed by atoms with Crippen molar-refractivity contribution in [3.8, 4) is 5.75 Å². The number of aromatic amines is 1. The van der Waals surface area contributed by atoms with Crippen molar-refractivity contribution >= 4 is 17.3 Å².